The summed E-state index contributed by atoms with van der Waals surface area (Å²) in [5.74, 6) is -0.608. The molecule has 0 aliphatic carbocycles. The van der Waals surface area contributed by atoms with Crippen molar-refractivity contribution in [3.8, 4) is 0 Å². The Balaban J connectivity index is 3.61. The van der Waals surface area contributed by atoms with Gasteiger partial charge in [0.25, 0.3) is 0 Å². The molecule has 266 valence electrons. The largest absolute Gasteiger partial charge is 0.452 e. The van der Waals surface area contributed by atoms with Gasteiger partial charge < -0.3 is 10.1 Å². The predicted molar refractivity (Wildman–Crippen MR) is 193 cm³/mol. The summed E-state index contributed by atoms with van der Waals surface area (Å²) in [7, 11) is 0. The van der Waals surface area contributed by atoms with Crippen molar-refractivity contribution in [3.63, 3.8) is 0 Å². The van der Waals surface area contributed by atoms with Gasteiger partial charge in [0.15, 0.2) is 11.9 Å². The number of esters is 1. The summed E-state index contributed by atoms with van der Waals surface area (Å²) < 4.78 is 5.41. The van der Waals surface area contributed by atoms with E-state index in [0.29, 0.717) is 12.8 Å². The van der Waals surface area contributed by atoms with Crippen molar-refractivity contribution in [1.82, 2.24) is 5.32 Å². The first-order chi connectivity index (χ1) is 22.0. The summed E-state index contributed by atoms with van der Waals surface area (Å²) in [6.07, 6.45) is 38.7. The molecule has 0 fully saturated rings. The lowest BCUT2D eigenvalue weighted by Crippen LogP contribution is -2.38. The molecule has 1 atom stereocenters. The van der Waals surface area contributed by atoms with E-state index in [4.69, 9.17) is 4.74 Å². The van der Waals surface area contributed by atoms with E-state index >= 15 is 0 Å². The molecule has 1 unspecified atom stereocenters. The van der Waals surface area contributed by atoms with Crippen molar-refractivity contribution in [1.29, 1.82) is 0 Å². The van der Waals surface area contributed by atoms with E-state index in [2.05, 4.69) is 19.2 Å². The molecule has 1 amide bonds. The molecule has 0 bridgehead atoms. The number of carbonyl (C=O) groups is 3. The maximum absolute atomic E-state index is 12.3. The average Bonchev–Trinajstić information content (AvgIpc) is 3.02. The smallest absolute Gasteiger partial charge is 0.306 e. The van der Waals surface area contributed by atoms with Crippen LogP contribution < -0.4 is 5.32 Å². The first kappa shape index (κ1) is 43.6. The maximum Gasteiger partial charge on any atom is 0.306 e. The summed E-state index contributed by atoms with van der Waals surface area (Å²) >= 11 is 0. The molecule has 0 saturated carbocycles. The number of unbranched alkanes of at least 4 members (excludes halogenated alkanes) is 28. The van der Waals surface area contributed by atoms with Gasteiger partial charge in [-0.05, 0) is 19.8 Å². The summed E-state index contributed by atoms with van der Waals surface area (Å²) in [6, 6.07) is 0. The molecule has 0 spiro atoms. The molecule has 0 heterocycles. The second-order valence-electron chi connectivity index (χ2n) is 13.8. The molecule has 0 aliphatic heterocycles. The van der Waals surface area contributed by atoms with Crippen LogP contribution in [0.3, 0.4) is 0 Å². The number of carbonyl (C=O) groups excluding carboxylic acids is 3. The molecule has 0 aromatic heterocycles. The Bertz CT molecular complexity index is 665. The Morgan fingerprint density at radius 3 is 1.04 bits per heavy atom. The fourth-order valence-corrected chi connectivity index (χ4v) is 6.08. The zero-order valence-corrected chi connectivity index (χ0v) is 30.5. The van der Waals surface area contributed by atoms with E-state index in [1.807, 2.05) is 0 Å². The zero-order valence-electron chi connectivity index (χ0n) is 30.5. The number of rotatable bonds is 36. The monoisotopic (exact) mass is 636 g/mol. The second kappa shape index (κ2) is 35.5. The van der Waals surface area contributed by atoms with Crippen LogP contribution >= 0.6 is 0 Å². The van der Waals surface area contributed by atoms with Crippen molar-refractivity contribution in [2.24, 2.45) is 0 Å². The van der Waals surface area contributed by atoms with Crippen LogP contribution in [0.2, 0.25) is 0 Å². The fraction of sp³-hybridized carbons (Fsp3) is 0.925. The molecule has 0 aliphatic rings. The summed E-state index contributed by atoms with van der Waals surface area (Å²) in [5, 5.41) is 2.80. The molecule has 0 aromatic carbocycles. The third kappa shape index (κ3) is 33.8. The molecule has 0 saturated heterocycles. The first-order valence-corrected chi connectivity index (χ1v) is 20.0. The standard InChI is InChI=1S/C40H77NO4/c1-4-6-8-10-12-14-16-18-20-22-24-26-28-30-32-34-39(43)41-36-38(37(3)42)45-40(44)35-33-31-29-27-25-23-21-19-17-15-13-11-9-7-5-2/h38H,4-36H2,1-3H3,(H,41,43). The third-order valence-electron chi connectivity index (χ3n) is 9.20. The molecule has 45 heavy (non-hydrogen) atoms. The van der Waals surface area contributed by atoms with Gasteiger partial charge in [-0.3, -0.25) is 14.4 Å². The highest BCUT2D eigenvalue weighted by Gasteiger charge is 2.20. The van der Waals surface area contributed by atoms with Crippen LogP contribution in [0.4, 0.5) is 0 Å². The maximum atomic E-state index is 12.3. The Morgan fingerprint density at radius 2 is 0.733 bits per heavy atom. The van der Waals surface area contributed by atoms with Crippen LogP contribution in [0.1, 0.15) is 226 Å². The van der Waals surface area contributed by atoms with Crippen molar-refractivity contribution in [2.45, 2.75) is 232 Å². The van der Waals surface area contributed by atoms with Gasteiger partial charge in [-0.15, -0.1) is 0 Å². The molecular weight excluding hydrogens is 558 g/mol. The molecule has 1 N–H and O–H groups in total. The number of amides is 1. The van der Waals surface area contributed by atoms with E-state index < -0.39 is 6.10 Å². The van der Waals surface area contributed by atoms with Crippen molar-refractivity contribution < 1.29 is 19.1 Å². The van der Waals surface area contributed by atoms with Gasteiger partial charge >= 0.3 is 5.97 Å². The normalized spacial score (nSPS) is 11.9. The van der Waals surface area contributed by atoms with Crippen molar-refractivity contribution in [2.75, 3.05) is 6.54 Å². The van der Waals surface area contributed by atoms with Gasteiger partial charge in [-0.1, -0.05) is 194 Å². The van der Waals surface area contributed by atoms with Crippen molar-refractivity contribution in [3.05, 3.63) is 0 Å². The van der Waals surface area contributed by atoms with Gasteiger partial charge in [0.05, 0.1) is 6.54 Å². The number of ketones is 1. The van der Waals surface area contributed by atoms with Crippen LogP contribution in [-0.4, -0.2) is 30.3 Å². The van der Waals surface area contributed by atoms with Gasteiger partial charge in [-0.25, -0.2) is 0 Å². The highest BCUT2D eigenvalue weighted by atomic mass is 16.5. The minimum absolute atomic E-state index is 0.0607. The third-order valence-corrected chi connectivity index (χ3v) is 9.20. The molecule has 5 heteroatoms. The SMILES string of the molecule is CCCCCCCCCCCCCCCCCC(=O)NCC(OC(=O)CCCCCCCCCCCCCCCCC)C(C)=O. The molecule has 0 rings (SSSR count). The number of Topliss-reactive ketones (excluding diaryl/α,β-unsaturated/α-hetero) is 1. The molecule has 0 aromatic rings. The van der Waals surface area contributed by atoms with Crippen LogP contribution in [0, 0.1) is 0 Å². The quantitative estimate of drug-likeness (QED) is 0.0549. The summed E-state index contributed by atoms with van der Waals surface area (Å²) in [5.41, 5.74) is 0. The lowest BCUT2D eigenvalue weighted by atomic mass is 10.0. The predicted octanol–water partition coefficient (Wildman–Crippen LogP) is 12.1. The number of hydrogen-bond donors (Lipinski definition) is 1. The Labute approximate surface area is 280 Å². The van der Waals surface area contributed by atoms with Gasteiger partial charge in [0, 0.05) is 12.8 Å². The van der Waals surface area contributed by atoms with E-state index in [0.717, 1.165) is 32.1 Å². The average molecular weight is 636 g/mol. The fourth-order valence-electron chi connectivity index (χ4n) is 6.08. The Hall–Kier alpha value is -1.39. The van der Waals surface area contributed by atoms with E-state index in [9.17, 15) is 14.4 Å². The summed E-state index contributed by atoms with van der Waals surface area (Å²) in [4.78, 5) is 36.5. The topological polar surface area (TPSA) is 72.5 Å². The zero-order chi connectivity index (χ0) is 33.1. The minimum atomic E-state index is -0.876. The van der Waals surface area contributed by atoms with Crippen LogP contribution in [-0.2, 0) is 19.1 Å². The Morgan fingerprint density at radius 1 is 0.444 bits per heavy atom. The van der Waals surface area contributed by atoms with Gasteiger partial charge in [0.1, 0.15) is 0 Å². The number of ether oxygens (including phenoxy) is 1. The minimum Gasteiger partial charge on any atom is -0.452 e. The van der Waals surface area contributed by atoms with Gasteiger partial charge in [0.2, 0.25) is 5.91 Å². The number of nitrogens with one attached hydrogen (secondary N) is 1. The number of hydrogen-bond acceptors (Lipinski definition) is 4. The van der Waals surface area contributed by atoms with E-state index in [1.165, 1.54) is 167 Å². The second-order valence-corrected chi connectivity index (χ2v) is 13.8. The molecule has 5 nitrogen and oxygen atoms in total. The molecule has 0 radical (unpaired) electrons. The van der Waals surface area contributed by atoms with Crippen LogP contribution in [0.15, 0.2) is 0 Å². The highest BCUT2D eigenvalue weighted by Crippen LogP contribution is 2.15. The van der Waals surface area contributed by atoms with Gasteiger partial charge in [-0.2, -0.15) is 0 Å². The highest BCUT2D eigenvalue weighted by molar-refractivity contribution is 5.84. The molecular formula is C40H77NO4. The first-order valence-electron chi connectivity index (χ1n) is 20.0. The van der Waals surface area contributed by atoms with Crippen LogP contribution in [0.5, 0.6) is 0 Å². The van der Waals surface area contributed by atoms with Crippen molar-refractivity contribution >= 4 is 17.7 Å². The summed E-state index contributed by atoms with van der Waals surface area (Å²) in [6.45, 7) is 6.04. The lowest BCUT2D eigenvalue weighted by molar-refractivity contribution is -0.154. The van der Waals surface area contributed by atoms with E-state index in [-0.39, 0.29) is 24.2 Å². The van der Waals surface area contributed by atoms with Crippen LogP contribution in [0.25, 0.3) is 0 Å². The lowest BCUT2D eigenvalue weighted by Gasteiger charge is -2.16. The Kier molecular flexibility index (Phi) is 34.4. The van der Waals surface area contributed by atoms with E-state index in [1.54, 1.807) is 0 Å².